The normalized spacial score (nSPS) is 18.6. The first-order valence-electron chi connectivity index (χ1n) is 13.9. The first-order chi connectivity index (χ1) is 18.9. The molecule has 1 amide bonds. The number of sulfone groups is 1. The number of halogens is 1. The van der Waals surface area contributed by atoms with Gasteiger partial charge in [-0.2, -0.15) is 0 Å². The molecular formula is C29H40FN3O5S2. The Hall–Kier alpha value is -2.34. The van der Waals surface area contributed by atoms with Crippen LogP contribution >= 0.6 is 0 Å². The molecule has 0 atom stereocenters. The van der Waals surface area contributed by atoms with E-state index in [1.807, 2.05) is 12.1 Å². The van der Waals surface area contributed by atoms with E-state index < -0.39 is 25.7 Å². The lowest BCUT2D eigenvalue weighted by Gasteiger charge is -2.34. The van der Waals surface area contributed by atoms with Crippen LogP contribution in [-0.2, 0) is 31.1 Å². The number of piperidine rings is 2. The number of sulfonamides is 1. The Labute approximate surface area is 238 Å². The molecule has 2 heterocycles. The molecule has 2 aromatic rings. The molecule has 0 saturated carbocycles. The Kier molecular flexibility index (Phi) is 10.0. The predicted octanol–water partition coefficient (Wildman–Crippen LogP) is 3.58. The molecule has 0 radical (unpaired) electrons. The highest BCUT2D eigenvalue weighted by Gasteiger charge is 2.32. The quantitative estimate of drug-likeness (QED) is 0.418. The van der Waals surface area contributed by atoms with Crippen LogP contribution in [0.3, 0.4) is 0 Å². The zero-order valence-electron chi connectivity index (χ0n) is 23.3. The maximum absolute atomic E-state index is 14.0. The molecule has 2 aliphatic rings. The van der Waals surface area contributed by atoms with Crippen LogP contribution in [0.5, 0.6) is 0 Å². The van der Waals surface area contributed by atoms with E-state index in [0.29, 0.717) is 49.0 Å². The molecule has 11 heteroatoms. The minimum atomic E-state index is -3.28. The Morgan fingerprint density at radius 2 is 1.57 bits per heavy atom. The monoisotopic (exact) mass is 593 g/mol. The highest BCUT2D eigenvalue weighted by atomic mass is 32.2. The summed E-state index contributed by atoms with van der Waals surface area (Å²) in [6.45, 7) is 3.88. The Bertz CT molecular complexity index is 1370. The number of carbonyl (C=O) groups is 1. The number of likely N-dealkylation sites (tertiary alicyclic amines) is 1. The van der Waals surface area contributed by atoms with E-state index in [4.69, 9.17) is 0 Å². The standard InChI is InChI=1S/C29H40FN3O5S2/c1-39(35,36)28-9-7-23(8-10-28)21-24-11-17-31(18-12-24)15-4-16-33(27-6-3-5-26(30)22-27)29(34)25-13-19-32(20-14-25)40(2,37)38/h3,5-10,22,24-25H,4,11-21H2,1-2H3. The topological polar surface area (TPSA) is 95.1 Å². The summed E-state index contributed by atoms with van der Waals surface area (Å²) in [5.74, 6) is -0.207. The third kappa shape index (κ3) is 8.34. The van der Waals surface area contributed by atoms with E-state index >= 15 is 0 Å². The number of nitrogens with zero attached hydrogens (tertiary/aromatic N) is 3. The van der Waals surface area contributed by atoms with Crippen LogP contribution in [0.4, 0.5) is 10.1 Å². The third-order valence-electron chi connectivity index (χ3n) is 8.10. The molecule has 4 rings (SSSR count). The van der Waals surface area contributed by atoms with Gasteiger partial charge in [0, 0.05) is 37.5 Å². The van der Waals surface area contributed by atoms with E-state index in [1.165, 1.54) is 28.9 Å². The van der Waals surface area contributed by atoms with E-state index in [2.05, 4.69) is 4.90 Å². The SMILES string of the molecule is CS(=O)(=O)c1ccc(CC2CCN(CCCN(C(=O)C3CCN(S(C)(=O)=O)CC3)c3cccc(F)c3)CC2)cc1. The van der Waals surface area contributed by atoms with Gasteiger partial charge in [0.25, 0.3) is 0 Å². The molecule has 220 valence electrons. The minimum Gasteiger partial charge on any atom is -0.312 e. The lowest BCUT2D eigenvalue weighted by Crippen LogP contribution is -2.45. The summed E-state index contributed by atoms with van der Waals surface area (Å²) in [4.78, 5) is 18.0. The summed E-state index contributed by atoms with van der Waals surface area (Å²) in [5, 5.41) is 0. The highest BCUT2D eigenvalue weighted by molar-refractivity contribution is 7.90. The summed E-state index contributed by atoms with van der Waals surface area (Å²) in [7, 11) is -6.47. The van der Waals surface area contributed by atoms with Gasteiger partial charge in [-0.25, -0.2) is 25.5 Å². The molecule has 8 nitrogen and oxygen atoms in total. The van der Waals surface area contributed by atoms with Gasteiger partial charge in [-0.05, 0) is 100.0 Å². The fraction of sp³-hybridized carbons (Fsp3) is 0.552. The van der Waals surface area contributed by atoms with Crippen LogP contribution in [0.25, 0.3) is 0 Å². The highest BCUT2D eigenvalue weighted by Crippen LogP contribution is 2.26. The predicted molar refractivity (Wildman–Crippen MR) is 155 cm³/mol. The molecular weight excluding hydrogens is 553 g/mol. The molecule has 0 aliphatic carbocycles. The maximum Gasteiger partial charge on any atom is 0.230 e. The van der Waals surface area contributed by atoms with E-state index in [-0.39, 0.29) is 11.8 Å². The van der Waals surface area contributed by atoms with Crippen LogP contribution in [0.2, 0.25) is 0 Å². The van der Waals surface area contributed by atoms with Crippen molar-refractivity contribution >= 4 is 31.5 Å². The fourth-order valence-corrected chi connectivity index (χ4v) is 7.24. The molecule has 0 N–H and O–H groups in total. The van der Waals surface area contributed by atoms with E-state index in [0.717, 1.165) is 50.9 Å². The number of amides is 1. The molecule has 0 unspecified atom stereocenters. The third-order valence-corrected chi connectivity index (χ3v) is 10.5. The lowest BCUT2D eigenvalue weighted by atomic mass is 9.90. The number of hydrogen-bond donors (Lipinski definition) is 0. The molecule has 2 aliphatic heterocycles. The van der Waals surface area contributed by atoms with Crippen molar-refractivity contribution in [2.45, 2.75) is 43.4 Å². The number of rotatable bonds is 10. The number of benzene rings is 2. The van der Waals surface area contributed by atoms with Crippen LogP contribution < -0.4 is 4.90 Å². The molecule has 2 saturated heterocycles. The molecule has 2 aromatic carbocycles. The largest absolute Gasteiger partial charge is 0.312 e. The van der Waals surface area contributed by atoms with Gasteiger partial charge in [0.1, 0.15) is 5.82 Å². The minimum absolute atomic E-state index is 0.0700. The summed E-state index contributed by atoms with van der Waals surface area (Å²) < 4.78 is 62.6. The van der Waals surface area contributed by atoms with Crippen LogP contribution in [0.15, 0.2) is 53.4 Å². The van der Waals surface area contributed by atoms with Gasteiger partial charge in [-0.3, -0.25) is 4.79 Å². The number of anilines is 1. The molecule has 0 spiro atoms. The van der Waals surface area contributed by atoms with Gasteiger partial charge < -0.3 is 9.80 Å². The van der Waals surface area contributed by atoms with E-state index in [9.17, 15) is 26.0 Å². The van der Waals surface area contributed by atoms with Crippen molar-refractivity contribution in [3.05, 3.63) is 59.9 Å². The first kappa shape index (κ1) is 30.6. The Morgan fingerprint density at radius 1 is 0.925 bits per heavy atom. The van der Waals surface area contributed by atoms with Crippen molar-refractivity contribution in [3.8, 4) is 0 Å². The van der Waals surface area contributed by atoms with Crippen LogP contribution in [-0.4, -0.2) is 83.7 Å². The van der Waals surface area contributed by atoms with Crippen LogP contribution in [0.1, 0.15) is 37.7 Å². The fourth-order valence-electron chi connectivity index (χ4n) is 5.74. The van der Waals surface area contributed by atoms with Crippen molar-refractivity contribution in [2.24, 2.45) is 11.8 Å². The van der Waals surface area contributed by atoms with E-state index in [1.54, 1.807) is 29.2 Å². The van der Waals surface area contributed by atoms with Crippen molar-refractivity contribution in [1.29, 1.82) is 0 Å². The van der Waals surface area contributed by atoms with Gasteiger partial charge >= 0.3 is 0 Å². The van der Waals surface area contributed by atoms with Crippen molar-refractivity contribution in [2.75, 3.05) is 56.7 Å². The summed E-state index contributed by atoms with van der Waals surface area (Å²) >= 11 is 0. The summed E-state index contributed by atoms with van der Waals surface area (Å²) in [5.41, 5.74) is 1.69. The molecule has 2 fully saturated rings. The Morgan fingerprint density at radius 3 is 2.15 bits per heavy atom. The van der Waals surface area contributed by atoms with Gasteiger partial charge in [0.2, 0.25) is 15.9 Å². The smallest absolute Gasteiger partial charge is 0.230 e. The second-order valence-corrected chi connectivity index (χ2v) is 15.2. The second-order valence-electron chi connectivity index (χ2n) is 11.2. The van der Waals surface area contributed by atoms with Gasteiger partial charge in [-0.1, -0.05) is 18.2 Å². The Balaban J connectivity index is 1.28. The lowest BCUT2D eigenvalue weighted by molar-refractivity contribution is -0.123. The second kappa shape index (κ2) is 13.1. The molecule has 40 heavy (non-hydrogen) atoms. The molecule has 0 bridgehead atoms. The first-order valence-corrected chi connectivity index (χ1v) is 17.7. The van der Waals surface area contributed by atoms with Crippen molar-refractivity contribution in [3.63, 3.8) is 0 Å². The van der Waals surface area contributed by atoms with Gasteiger partial charge in [0.05, 0.1) is 11.2 Å². The number of carbonyl (C=O) groups excluding carboxylic acids is 1. The van der Waals surface area contributed by atoms with Gasteiger partial charge in [0.15, 0.2) is 9.84 Å². The average molecular weight is 594 g/mol. The summed E-state index contributed by atoms with van der Waals surface area (Å²) in [6.07, 6.45) is 7.12. The maximum atomic E-state index is 14.0. The summed E-state index contributed by atoms with van der Waals surface area (Å²) in [6, 6.07) is 13.3. The average Bonchev–Trinajstić information content (AvgIpc) is 2.91. The van der Waals surface area contributed by atoms with Gasteiger partial charge in [-0.15, -0.1) is 0 Å². The van der Waals surface area contributed by atoms with Crippen molar-refractivity contribution in [1.82, 2.24) is 9.21 Å². The van der Waals surface area contributed by atoms with Crippen LogP contribution in [0, 0.1) is 17.7 Å². The zero-order valence-corrected chi connectivity index (χ0v) is 25.0. The molecule has 0 aromatic heterocycles. The number of hydrogen-bond acceptors (Lipinski definition) is 6. The van der Waals surface area contributed by atoms with Crippen molar-refractivity contribution < 1.29 is 26.0 Å². The zero-order chi connectivity index (χ0) is 28.9.